The third-order valence-electron chi connectivity index (χ3n) is 2.96. The molecule has 0 aromatic carbocycles. The molecule has 0 spiro atoms. The van der Waals surface area contributed by atoms with Gasteiger partial charge in [-0.25, -0.2) is 0 Å². The van der Waals surface area contributed by atoms with Gasteiger partial charge in [-0.15, -0.1) is 0 Å². The Kier molecular flexibility index (Phi) is 3.37. The van der Waals surface area contributed by atoms with E-state index in [9.17, 15) is 9.59 Å². The summed E-state index contributed by atoms with van der Waals surface area (Å²) >= 11 is 0. The number of nitrogens with zero attached hydrogens (tertiary/aromatic N) is 2. The van der Waals surface area contributed by atoms with E-state index < -0.39 is 0 Å². The van der Waals surface area contributed by atoms with Crippen molar-refractivity contribution in [3.63, 3.8) is 0 Å². The van der Waals surface area contributed by atoms with Gasteiger partial charge in [0.1, 0.15) is 0 Å². The minimum atomic E-state index is -0.223. The van der Waals surface area contributed by atoms with Crippen molar-refractivity contribution in [1.29, 1.82) is 0 Å². The first kappa shape index (κ1) is 11.6. The number of rotatable bonds is 2. The molecule has 0 bridgehead atoms. The summed E-state index contributed by atoms with van der Waals surface area (Å²) in [4.78, 5) is 29.0. The van der Waals surface area contributed by atoms with Crippen LogP contribution in [0.3, 0.4) is 0 Å². The third-order valence-corrected chi connectivity index (χ3v) is 2.96. The number of hydrogen-bond acceptors (Lipinski definition) is 3. The molecule has 90 valence electrons. The maximum Gasteiger partial charge on any atom is 0.228 e. The van der Waals surface area contributed by atoms with E-state index in [1.54, 1.807) is 36.5 Å². The zero-order valence-electron chi connectivity index (χ0n) is 9.72. The molecule has 0 saturated carbocycles. The monoisotopic (exact) mass is 233 g/mol. The van der Waals surface area contributed by atoms with E-state index in [1.807, 2.05) is 0 Å². The number of likely N-dealkylation sites (tertiary alicyclic amines) is 1. The third kappa shape index (κ3) is 2.81. The highest BCUT2D eigenvalue weighted by molar-refractivity contribution is 5.95. The van der Waals surface area contributed by atoms with E-state index >= 15 is 0 Å². The molecular weight excluding hydrogens is 218 g/mol. The topological polar surface area (TPSA) is 62.3 Å². The summed E-state index contributed by atoms with van der Waals surface area (Å²) in [5.41, 5.74) is 0.670. The zero-order chi connectivity index (χ0) is 12.3. The Morgan fingerprint density at radius 2 is 2.41 bits per heavy atom. The van der Waals surface area contributed by atoms with Gasteiger partial charge in [0, 0.05) is 32.1 Å². The Bertz CT molecular complexity index is 419. The van der Waals surface area contributed by atoms with Crippen LogP contribution in [-0.2, 0) is 9.59 Å². The molecule has 1 aromatic rings. The lowest BCUT2D eigenvalue weighted by atomic mass is 9.95. The number of nitrogens with one attached hydrogen (secondary N) is 1. The number of hydrogen-bond donors (Lipinski definition) is 1. The normalized spacial score (nSPS) is 20.2. The van der Waals surface area contributed by atoms with Crippen molar-refractivity contribution in [2.45, 2.75) is 12.8 Å². The molecule has 1 fully saturated rings. The van der Waals surface area contributed by atoms with Crippen LogP contribution in [0.1, 0.15) is 12.8 Å². The van der Waals surface area contributed by atoms with Crippen LogP contribution in [0.25, 0.3) is 0 Å². The predicted octanol–water partition coefficient (Wildman–Crippen LogP) is 0.889. The van der Waals surface area contributed by atoms with Crippen molar-refractivity contribution < 1.29 is 9.59 Å². The van der Waals surface area contributed by atoms with Crippen LogP contribution in [-0.4, -0.2) is 35.3 Å². The molecule has 17 heavy (non-hydrogen) atoms. The van der Waals surface area contributed by atoms with Crippen molar-refractivity contribution in [3.05, 3.63) is 24.5 Å². The molecule has 5 nitrogen and oxygen atoms in total. The maximum absolute atomic E-state index is 11.9. The average molecular weight is 233 g/mol. The first-order valence-electron chi connectivity index (χ1n) is 5.61. The summed E-state index contributed by atoms with van der Waals surface area (Å²) in [5, 5.41) is 2.77. The van der Waals surface area contributed by atoms with Gasteiger partial charge in [0.25, 0.3) is 0 Å². The molecule has 0 radical (unpaired) electrons. The Balaban J connectivity index is 1.95. The fourth-order valence-electron chi connectivity index (χ4n) is 1.85. The second-order valence-electron chi connectivity index (χ2n) is 4.24. The largest absolute Gasteiger partial charge is 0.346 e. The van der Waals surface area contributed by atoms with Crippen molar-refractivity contribution in [2.24, 2.45) is 5.92 Å². The molecular formula is C12H15N3O2. The van der Waals surface area contributed by atoms with Gasteiger partial charge in [0.2, 0.25) is 11.8 Å². The SMILES string of the molecule is CN1CCC(C(=O)Nc2cccnc2)CC1=O. The first-order chi connectivity index (χ1) is 8.16. The number of piperidine rings is 1. The summed E-state index contributed by atoms with van der Waals surface area (Å²) in [6, 6.07) is 3.54. The molecule has 1 aliphatic heterocycles. The summed E-state index contributed by atoms with van der Waals surface area (Å²) in [6.07, 6.45) is 4.25. The van der Waals surface area contributed by atoms with E-state index in [0.29, 0.717) is 25.1 Å². The van der Waals surface area contributed by atoms with Crippen molar-refractivity contribution in [2.75, 3.05) is 18.9 Å². The Hall–Kier alpha value is -1.91. The number of carbonyl (C=O) groups is 2. The highest BCUT2D eigenvalue weighted by atomic mass is 16.2. The van der Waals surface area contributed by atoms with E-state index in [0.717, 1.165) is 0 Å². The van der Waals surface area contributed by atoms with Gasteiger partial charge in [-0.05, 0) is 18.6 Å². The molecule has 2 rings (SSSR count). The van der Waals surface area contributed by atoms with Gasteiger partial charge < -0.3 is 10.2 Å². The van der Waals surface area contributed by atoms with Crippen LogP contribution in [0, 0.1) is 5.92 Å². The maximum atomic E-state index is 11.9. The first-order valence-corrected chi connectivity index (χ1v) is 5.61. The highest BCUT2D eigenvalue weighted by Gasteiger charge is 2.28. The summed E-state index contributed by atoms with van der Waals surface area (Å²) in [6.45, 7) is 0.643. The van der Waals surface area contributed by atoms with Gasteiger partial charge in [0.05, 0.1) is 11.9 Å². The van der Waals surface area contributed by atoms with Gasteiger partial charge in [-0.3, -0.25) is 14.6 Å². The van der Waals surface area contributed by atoms with Crippen LogP contribution in [0.15, 0.2) is 24.5 Å². The standard InChI is InChI=1S/C12H15N3O2/c1-15-6-4-9(7-11(15)16)12(17)14-10-3-2-5-13-8-10/h2-3,5,8-9H,4,6-7H2,1H3,(H,14,17). The molecule has 1 aromatic heterocycles. The van der Waals surface area contributed by atoms with Crippen LogP contribution < -0.4 is 5.32 Å². The van der Waals surface area contributed by atoms with Crippen molar-refractivity contribution in [3.8, 4) is 0 Å². The minimum Gasteiger partial charge on any atom is -0.346 e. The summed E-state index contributed by atoms with van der Waals surface area (Å²) in [5.74, 6) is -0.291. The van der Waals surface area contributed by atoms with Crippen LogP contribution in [0.4, 0.5) is 5.69 Å². The van der Waals surface area contributed by atoms with Crippen molar-refractivity contribution in [1.82, 2.24) is 9.88 Å². The van der Waals surface area contributed by atoms with Gasteiger partial charge >= 0.3 is 0 Å². The lowest BCUT2D eigenvalue weighted by Gasteiger charge is -2.27. The van der Waals surface area contributed by atoms with Gasteiger partial charge in [-0.2, -0.15) is 0 Å². The number of carbonyl (C=O) groups excluding carboxylic acids is 2. The molecule has 0 aliphatic carbocycles. The smallest absolute Gasteiger partial charge is 0.228 e. The number of aromatic nitrogens is 1. The quantitative estimate of drug-likeness (QED) is 0.825. The molecule has 1 saturated heterocycles. The molecule has 1 N–H and O–H groups in total. The van der Waals surface area contributed by atoms with Gasteiger partial charge in [-0.1, -0.05) is 0 Å². The minimum absolute atomic E-state index is 0.0302. The Labute approximate surface area is 99.8 Å². The number of amides is 2. The van der Waals surface area contributed by atoms with E-state index in [-0.39, 0.29) is 17.7 Å². The molecule has 1 unspecified atom stereocenters. The number of pyridine rings is 1. The van der Waals surface area contributed by atoms with Crippen molar-refractivity contribution >= 4 is 17.5 Å². The van der Waals surface area contributed by atoms with Crippen LogP contribution in [0.5, 0.6) is 0 Å². The molecule has 1 atom stereocenters. The summed E-state index contributed by atoms with van der Waals surface area (Å²) in [7, 11) is 1.76. The molecule has 1 aliphatic rings. The Morgan fingerprint density at radius 1 is 1.59 bits per heavy atom. The predicted molar refractivity (Wildman–Crippen MR) is 63.2 cm³/mol. The zero-order valence-corrected chi connectivity index (χ0v) is 9.72. The van der Waals surface area contributed by atoms with Crippen LogP contribution >= 0.6 is 0 Å². The van der Waals surface area contributed by atoms with Gasteiger partial charge in [0.15, 0.2) is 0 Å². The average Bonchev–Trinajstić information content (AvgIpc) is 2.34. The van der Waals surface area contributed by atoms with E-state index in [4.69, 9.17) is 0 Å². The van der Waals surface area contributed by atoms with E-state index in [1.165, 1.54) is 0 Å². The fraction of sp³-hybridized carbons (Fsp3) is 0.417. The Morgan fingerprint density at radius 3 is 3.06 bits per heavy atom. The fourth-order valence-corrected chi connectivity index (χ4v) is 1.85. The second-order valence-corrected chi connectivity index (χ2v) is 4.24. The lowest BCUT2D eigenvalue weighted by molar-refractivity contribution is -0.137. The molecule has 5 heteroatoms. The van der Waals surface area contributed by atoms with E-state index in [2.05, 4.69) is 10.3 Å². The highest BCUT2D eigenvalue weighted by Crippen LogP contribution is 2.19. The number of anilines is 1. The molecule has 2 amide bonds. The second kappa shape index (κ2) is 4.95. The van der Waals surface area contributed by atoms with Crippen LogP contribution in [0.2, 0.25) is 0 Å². The lowest BCUT2D eigenvalue weighted by Crippen LogP contribution is -2.39. The molecule has 2 heterocycles. The summed E-state index contributed by atoms with van der Waals surface area (Å²) < 4.78 is 0.